The predicted octanol–water partition coefficient (Wildman–Crippen LogP) is 1.27. The monoisotopic (exact) mass is 234 g/mol. The van der Waals surface area contributed by atoms with Crippen molar-refractivity contribution < 1.29 is 4.74 Å². The second-order valence-corrected chi connectivity index (χ2v) is 4.46. The van der Waals surface area contributed by atoms with Gasteiger partial charge >= 0.3 is 0 Å². The number of hydrogen-bond donors (Lipinski definition) is 0. The molecule has 1 heterocycles. The zero-order valence-corrected chi connectivity index (χ0v) is 10.7. The SMILES string of the molecule is CCN1CCN(CCOCCCl)CC1C. The second kappa shape index (κ2) is 7.44. The Morgan fingerprint density at radius 2 is 2.13 bits per heavy atom. The highest BCUT2D eigenvalue weighted by Crippen LogP contribution is 2.08. The highest BCUT2D eigenvalue weighted by Gasteiger charge is 2.21. The molecule has 0 bridgehead atoms. The minimum atomic E-state index is 0.597. The molecule has 0 aliphatic carbocycles. The lowest BCUT2D eigenvalue weighted by molar-refractivity contribution is 0.0574. The van der Waals surface area contributed by atoms with Crippen LogP contribution in [0.4, 0.5) is 0 Å². The van der Waals surface area contributed by atoms with E-state index in [4.69, 9.17) is 16.3 Å². The number of piperazine rings is 1. The van der Waals surface area contributed by atoms with Crippen molar-refractivity contribution in [1.82, 2.24) is 9.80 Å². The van der Waals surface area contributed by atoms with Crippen LogP contribution in [-0.2, 0) is 4.74 Å². The van der Waals surface area contributed by atoms with Crippen LogP contribution in [0.2, 0.25) is 0 Å². The van der Waals surface area contributed by atoms with Crippen LogP contribution < -0.4 is 0 Å². The van der Waals surface area contributed by atoms with Gasteiger partial charge in [-0.15, -0.1) is 11.6 Å². The molecule has 4 heteroatoms. The lowest BCUT2D eigenvalue weighted by Crippen LogP contribution is -2.52. The van der Waals surface area contributed by atoms with Gasteiger partial charge in [-0.2, -0.15) is 0 Å². The summed E-state index contributed by atoms with van der Waals surface area (Å²) in [4.78, 5) is 5.00. The van der Waals surface area contributed by atoms with Crippen molar-refractivity contribution >= 4 is 11.6 Å². The van der Waals surface area contributed by atoms with Gasteiger partial charge in [0.05, 0.1) is 13.2 Å². The Bertz CT molecular complexity index is 169. The molecule has 1 aliphatic heterocycles. The Hall–Kier alpha value is 0.170. The van der Waals surface area contributed by atoms with Gasteiger partial charge in [0.15, 0.2) is 0 Å². The van der Waals surface area contributed by atoms with Crippen molar-refractivity contribution in [3.05, 3.63) is 0 Å². The van der Waals surface area contributed by atoms with E-state index in [1.807, 2.05) is 0 Å². The summed E-state index contributed by atoms with van der Waals surface area (Å²) in [6, 6.07) is 0.678. The number of nitrogens with zero attached hydrogens (tertiary/aromatic N) is 2. The molecule has 1 saturated heterocycles. The first-order chi connectivity index (χ1) is 7.27. The van der Waals surface area contributed by atoms with Gasteiger partial charge in [-0.3, -0.25) is 9.80 Å². The van der Waals surface area contributed by atoms with Gasteiger partial charge in [-0.1, -0.05) is 6.92 Å². The number of likely N-dealkylation sites (N-methyl/N-ethyl adjacent to an activating group) is 1. The van der Waals surface area contributed by atoms with E-state index in [1.165, 1.54) is 13.1 Å². The molecule has 1 rings (SSSR count). The Morgan fingerprint density at radius 1 is 1.33 bits per heavy atom. The van der Waals surface area contributed by atoms with Gasteiger partial charge in [0.2, 0.25) is 0 Å². The topological polar surface area (TPSA) is 15.7 Å². The fourth-order valence-electron chi connectivity index (χ4n) is 2.09. The average Bonchev–Trinajstić information content (AvgIpc) is 2.25. The van der Waals surface area contributed by atoms with Gasteiger partial charge in [-0.25, -0.2) is 0 Å². The fraction of sp³-hybridized carbons (Fsp3) is 1.00. The van der Waals surface area contributed by atoms with Gasteiger partial charge in [0.1, 0.15) is 0 Å². The van der Waals surface area contributed by atoms with E-state index in [-0.39, 0.29) is 0 Å². The molecule has 1 aliphatic rings. The Morgan fingerprint density at radius 3 is 2.73 bits per heavy atom. The van der Waals surface area contributed by atoms with Gasteiger partial charge in [0, 0.05) is 38.1 Å². The summed E-state index contributed by atoms with van der Waals surface area (Å²) in [5.74, 6) is 0.597. The molecule has 0 N–H and O–H groups in total. The van der Waals surface area contributed by atoms with E-state index in [9.17, 15) is 0 Å². The van der Waals surface area contributed by atoms with Crippen LogP contribution in [0.3, 0.4) is 0 Å². The molecule has 1 fully saturated rings. The van der Waals surface area contributed by atoms with Crippen LogP contribution in [0, 0.1) is 0 Å². The summed E-state index contributed by atoms with van der Waals surface area (Å²) >= 11 is 5.54. The number of ether oxygens (including phenoxy) is 1. The molecular weight excluding hydrogens is 212 g/mol. The van der Waals surface area contributed by atoms with Crippen molar-refractivity contribution in [1.29, 1.82) is 0 Å². The zero-order valence-electron chi connectivity index (χ0n) is 9.91. The first-order valence-corrected chi connectivity index (χ1v) is 6.41. The van der Waals surface area contributed by atoms with Crippen molar-refractivity contribution in [3.8, 4) is 0 Å². The summed E-state index contributed by atoms with van der Waals surface area (Å²) < 4.78 is 5.39. The maximum atomic E-state index is 5.54. The Balaban J connectivity index is 2.11. The third-order valence-electron chi connectivity index (χ3n) is 3.03. The molecule has 0 aromatic rings. The smallest absolute Gasteiger partial charge is 0.0602 e. The molecule has 0 aromatic carbocycles. The maximum absolute atomic E-state index is 5.54. The minimum absolute atomic E-state index is 0.597. The summed E-state index contributed by atoms with van der Waals surface area (Å²) in [5, 5.41) is 0. The number of rotatable bonds is 6. The molecule has 0 saturated carbocycles. The van der Waals surface area contributed by atoms with E-state index in [0.29, 0.717) is 18.5 Å². The van der Waals surface area contributed by atoms with E-state index < -0.39 is 0 Å². The van der Waals surface area contributed by atoms with Gasteiger partial charge < -0.3 is 4.74 Å². The van der Waals surface area contributed by atoms with Crippen LogP contribution in [0.1, 0.15) is 13.8 Å². The Kier molecular flexibility index (Phi) is 6.57. The molecule has 0 spiro atoms. The Labute approximate surface area is 98.3 Å². The van der Waals surface area contributed by atoms with Crippen LogP contribution in [0.5, 0.6) is 0 Å². The predicted molar refractivity (Wildman–Crippen MR) is 64.7 cm³/mol. The van der Waals surface area contributed by atoms with Crippen molar-refractivity contribution in [2.24, 2.45) is 0 Å². The van der Waals surface area contributed by atoms with Crippen LogP contribution in [-0.4, -0.2) is 67.7 Å². The van der Waals surface area contributed by atoms with E-state index >= 15 is 0 Å². The zero-order chi connectivity index (χ0) is 11.1. The molecule has 1 unspecified atom stereocenters. The van der Waals surface area contributed by atoms with Gasteiger partial charge in [-0.05, 0) is 13.5 Å². The third-order valence-corrected chi connectivity index (χ3v) is 3.18. The maximum Gasteiger partial charge on any atom is 0.0602 e. The quantitative estimate of drug-likeness (QED) is 0.509. The van der Waals surface area contributed by atoms with E-state index in [1.54, 1.807) is 0 Å². The van der Waals surface area contributed by atoms with Gasteiger partial charge in [0.25, 0.3) is 0 Å². The number of alkyl halides is 1. The number of halogens is 1. The van der Waals surface area contributed by atoms with E-state index in [0.717, 1.165) is 26.2 Å². The molecule has 0 radical (unpaired) electrons. The van der Waals surface area contributed by atoms with Crippen molar-refractivity contribution in [2.45, 2.75) is 19.9 Å². The standard InChI is InChI=1S/C11H23ClN2O/c1-3-14-6-5-13(10-11(14)2)7-9-15-8-4-12/h11H,3-10H2,1-2H3. The molecular formula is C11H23ClN2O. The highest BCUT2D eigenvalue weighted by molar-refractivity contribution is 6.17. The minimum Gasteiger partial charge on any atom is -0.379 e. The van der Waals surface area contributed by atoms with Crippen LogP contribution in [0.25, 0.3) is 0 Å². The molecule has 0 amide bonds. The largest absolute Gasteiger partial charge is 0.379 e. The molecule has 90 valence electrons. The highest BCUT2D eigenvalue weighted by atomic mass is 35.5. The summed E-state index contributed by atoms with van der Waals surface area (Å²) in [7, 11) is 0. The average molecular weight is 235 g/mol. The summed E-state index contributed by atoms with van der Waals surface area (Å²) in [6.45, 7) is 11.7. The summed E-state index contributed by atoms with van der Waals surface area (Å²) in [6.07, 6.45) is 0. The fourth-order valence-corrected chi connectivity index (χ4v) is 2.20. The molecule has 15 heavy (non-hydrogen) atoms. The third kappa shape index (κ3) is 4.68. The lowest BCUT2D eigenvalue weighted by Gasteiger charge is -2.39. The first kappa shape index (κ1) is 13.2. The first-order valence-electron chi connectivity index (χ1n) is 5.88. The second-order valence-electron chi connectivity index (χ2n) is 4.08. The van der Waals surface area contributed by atoms with Crippen molar-refractivity contribution in [2.75, 3.05) is 51.8 Å². The van der Waals surface area contributed by atoms with E-state index in [2.05, 4.69) is 23.6 Å². The van der Waals surface area contributed by atoms with Crippen LogP contribution >= 0.6 is 11.6 Å². The summed E-state index contributed by atoms with van der Waals surface area (Å²) in [5.41, 5.74) is 0. The van der Waals surface area contributed by atoms with Crippen LogP contribution in [0.15, 0.2) is 0 Å². The lowest BCUT2D eigenvalue weighted by atomic mass is 10.2. The normalized spacial score (nSPS) is 24.6. The van der Waals surface area contributed by atoms with Crippen molar-refractivity contribution in [3.63, 3.8) is 0 Å². The molecule has 0 aromatic heterocycles. The molecule has 1 atom stereocenters. The number of hydrogen-bond acceptors (Lipinski definition) is 3. The molecule has 3 nitrogen and oxygen atoms in total.